The molecule has 190 valence electrons. The number of nitrogens with zero attached hydrogens (tertiary/aromatic N) is 2. The van der Waals surface area contributed by atoms with Crippen molar-refractivity contribution >= 4 is 22.6 Å². The van der Waals surface area contributed by atoms with Gasteiger partial charge in [-0.25, -0.2) is 9.18 Å². The van der Waals surface area contributed by atoms with Crippen LogP contribution in [0.2, 0.25) is 0 Å². The van der Waals surface area contributed by atoms with Crippen molar-refractivity contribution in [2.75, 3.05) is 25.1 Å². The Kier molecular flexibility index (Phi) is 6.70. The van der Waals surface area contributed by atoms with E-state index in [1.54, 1.807) is 4.57 Å². The average Bonchev–Trinajstić information content (AvgIpc) is 3.39. The van der Waals surface area contributed by atoms with Crippen LogP contribution in [0.25, 0.3) is 22.0 Å². The second-order valence-electron chi connectivity index (χ2n) is 9.51. The van der Waals surface area contributed by atoms with E-state index in [2.05, 4.69) is 6.92 Å². The van der Waals surface area contributed by atoms with Gasteiger partial charge in [-0.2, -0.15) is 0 Å². The van der Waals surface area contributed by atoms with Crippen molar-refractivity contribution in [3.8, 4) is 16.9 Å². The van der Waals surface area contributed by atoms with E-state index >= 15 is 4.39 Å². The maximum Gasteiger partial charge on any atom is 0.341 e. The maximum atomic E-state index is 15.5. The number of aromatic nitrogens is 1. The van der Waals surface area contributed by atoms with E-state index in [1.807, 2.05) is 59.5 Å². The van der Waals surface area contributed by atoms with Crippen LogP contribution in [-0.2, 0) is 6.54 Å². The van der Waals surface area contributed by atoms with Crippen molar-refractivity contribution in [3.05, 3.63) is 94.0 Å². The molecule has 4 aromatic rings. The highest BCUT2D eigenvalue weighted by molar-refractivity contribution is 5.97. The molecule has 1 N–H and O–H groups in total. The fraction of sp³-hybridized carbons (Fsp3) is 0.267. The van der Waals surface area contributed by atoms with Crippen molar-refractivity contribution in [1.82, 2.24) is 4.57 Å². The number of hydrogen-bond acceptors (Lipinski definition) is 4. The Labute approximate surface area is 214 Å². The molecule has 1 saturated heterocycles. The number of rotatable bonds is 7. The van der Waals surface area contributed by atoms with E-state index in [1.165, 1.54) is 13.3 Å². The fourth-order valence-electron chi connectivity index (χ4n) is 5.25. The smallest absolute Gasteiger partial charge is 0.341 e. The number of carboxylic acids is 1. The third-order valence-corrected chi connectivity index (χ3v) is 7.27. The van der Waals surface area contributed by atoms with Gasteiger partial charge in [0.25, 0.3) is 0 Å². The molecule has 0 radical (unpaired) electrons. The van der Waals surface area contributed by atoms with Crippen LogP contribution in [0.5, 0.6) is 5.75 Å². The van der Waals surface area contributed by atoms with Gasteiger partial charge in [0.2, 0.25) is 5.43 Å². The van der Waals surface area contributed by atoms with Gasteiger partial charge in [-0.3, -0.25) is 4.79 Å². The summed E-state index contributed by atoms with van der Waals surface area (Å²) in [7, 11) is 1.46. The predicted molar refractivity (Wildman–Crippen MR) is 143 cm³/mol. The number of aromatic carboxylic acids is 1. The Hall–Kier alpha value is -4.13. The van der Waals surface area contributed by atoms with E-state index in [9.17, 15) is 14.7 Å². The lowest BCUT2D eigenvalue weighted by Gasteiger charge is -2.25. The fourth-order valence-corrected chi connectivity index (χ4v) is 5.25. The van der Waals surface area contributed by atoms with Crippen LogP contribution in [0.15, 0.2) is 71.7 Å². The Bertz CT molecular complexity index is 1510. The van der Waals surface area contributed by atoms with Gasteiger partial charge in [-0.05, 0) is 35.1 Å². The Morgan fingerprint density at radius 1 is 1.11 bits per heavy atom. The minimum absolute atomic E-state index is 0.00913. The number of ether oxygens (including phenoxy) is 1. The summed E-state index contributed by atoms with van der Waals surface area (Å²) in [5.74, 6) is -1.23. The highest BCUT2D eigenvalue weighted by Gasteiger charge is 2.29. The van der Waals surface area contributed by atoms with Gasteiger partial charge in [0.15, 0.2) is 11.6 Å². The number of carboxylic acid groups (broad SMARTS) is 1. The molecule has 37 heavy (non-hydrogen) atoms. The second kappa shape index (κ2) is 10.1. The number of benzene rings is 3. The zero-order valence-corrected chi connectivity index (χ0v) is 20.9. The van der Waals surface area contributed by atoms with E-state index in [4.69, 9.17) is 4.74 Å². The summed E-state index contributed by atoms with van der Waals surface area (Å²) >= 11 is 0. The van der Waals surface area contributed by atoms with Crippen LogP contribution in [0.1, 0.15) is 35.7 Å². The van der Waals surface area contributed by atoms with E-state index < -0.39 is 22.8 Å². The van der Waals surface area contributed by atoms with E-state index in [-0.39, 0.29) is 17.7 Å². The maximum absolute atomic E-state index is 15.5. The molecule has 1 aliphatic rings. The van der Waals surface area contributed by atoms with E-state index in [0.29, 0.717) is 30.2 Å². The molecule has 1 unspecified atom stereocenters. The van der Waals surface area contributed by atoms with Crippen LogP contribution < -0.4 is 15.1 Å². The third-order valence-electron chi connectivity index (χ3n) is 7.27. The Balaban J connectivity index is 1.65. The molecule has 0 bridgehead atoms. The number of hydrogen-bond donors (Lipinski definition) is 1. The van der Waals surface area contributed by atoms with E-state index in [0.717, 1.165) is 35.6 Å². The third kappa shape index (κ3) is 4.57. The predicted octanol–water partition coefficient (Wildman–Crippen LogP) is 5.80. The molecule has 1 fully saturated rings. The molecule has 0 aliphatic carbocycles. The highest BCUT2D eigenvalue weighted by atomic mass is 19.1. The summed E-state index contributed by atoms with van der Waals surface area (Å²) in [5, 5.41) is 9.70. The number of anilines is 1. The molecule has 3 aromatic carbocycles. The lowest BCUT2D eigenvalue weighted by Crippen LogP contribution is -2.24. The standard InChI is InChI=1S/C30H29FN2O4/c1-3-19-13-14-32(16-19)27-25(31)15-23-26(29(27)37-2)33(18-24(28(23)34)30(35)36)17-20-9-11-22(12-10-20)21-7-5-4-6-8-21/h4-12,15,18-19H,3,13-14,16-17H2,1-2H3,(H,35,36). The number of methoxy groups -OCH3 is 1. The van der Waals surface area contributed by atoms with Crippen LogP contribution in [0.4, 0.5) is 10.1 Å². The molecule has 6 nitrogen and oxygen atoms in total. The quantitative estimate of drug-likeness (QED) is 0.347. The summed E-state index contributed by atoms with van der Waals surface area (Å²) in [6.45, 7) is 3.80. The molecule has 1 aliphatic heterocycles. The molecule has 0 saturated carbocycles. The first-order valence-electron chi connectivity index (χ1n) is 12.5. The molecule has 2 heterocycles. The second-order valence-corrected chi connectivity index (χ2v) is 9.51. The average molecular weight is 501 g/mol. The monoisotopic (exact) mass is 500 g/mol. The van der Waals surface area contributed by atoms with Gasteiger partial charge in [0.1, 0.15) is 11.3 Å². The highest BCUT2D eigenvalue weighted by Crippen LogP contribution is 2.40. The molecule has 5 rings (SSSR count). The van der Waals surface area contributed by atoms with Crippen molar-refractivity contribution in [3.63, 3.8) is 0 Å². The zero-order chi connectivity index (χ0) is 26.1. The first-order chi connectivity index (χ1) is 17.9. The van der Waals surface area contributed by atoms with Crippen LogP contribution in [0.3, 0.4) is 0 Å². The SMILES string of the molecule is CCC1CCN(c2c(F)cc3c(=O)c(C(=O)O)cn(Cc4ccc(-c5ccccc5)cc4)c3c2OC)C1. The van der Waals surface area contributed by atoms with Crippen molar-refractivity contribution in [2.45, 2.75) is 26.3 Å². The summed E-state index contributed by atoms with van der Waals surface area (Å²) in [6.07, 6.45) is 3.29. The van der Waals surface area contributed by atoms with Crippen LogP contribution >= 0.6 is 0 Å². The zero-order valence-electron chi connectivity index (χ0n) is 20.9. The van der Waals surface area contributed by atoms with Gasteiger partial charge in [-0.1, -0.05) is 67.9 Å². The normalized spacial score (nSPS) is 15.3. The number of fused-ring (bicyclic) bond motifs is 1. The van der Waals surface area contributed by atoms with Crippen LogP contribution in [-0.4, -0.2) is 35.8 Å². The lowest BCUT2D eigenvalue weighted by atomic mass is 10.0. The lowest BCUT2D eigenvalue weighted by molar-refractivity contribution is 0.0695. The number of pyridine rings is 1. The molecule has 7 heteroatoms. The first kappa shape index (κ1) is 24.6. The Morgan fingerprint density at radius 3 is 2.43 bits per heavy atom. The topological polar surface area (TPSA) is 71.8 Å². The molecule has 1 atom stereocenters. The van der Waals surface area contributed by atoms with Gasteiger partial charge in [0.05, 0.1) is 18.0 Å². The van der Waals surface area contributed by atoms with Gasteiger partial charge in [-0.15, -0.1) is 0 Å². The summed E-state index contributed by atoms with van der Waals surface area (Å²) in [6, 6.07) is 19.1. The summed E-state index contributed by atoms with van der Waals surface area (Å²) in [5.41, 5.74) is 2.63. The molecular weight excluding hydrogens is 471 g/mol. The van der Waals surface area contributed by atoms with Crippen molar-refractivity contribution in [1.29, 1.82) is 0 Å². The summed E-state index contributed by atoms with van der Waals surface area (Å²) in [4.78, 5) is 27.0. The largest absolute Gasteiger partial charge is 0.492 e. The van der Waals surface area contributed by atoms with Gasteiger partial charge in [0, 0.05) is 25.8 Å². The van der Waals surface area contributed by atoms with Gasteiger partial charge >= 0.3 is 5.97 Å². The number of carbonyl (C=O) groups is 1. The number of halogens is 1. The molecule has 0 amide bonds. The molecule has 1 aromatic heterocycles. The van der Waals surface area contributed by atoms with Crippen molar-refractivity contribution < 1.29 is 19.0 Å². The van der Waals surface area contributed by atoms with Crippen LogP contribution in [0, 0.1) is 11.7 Å². The van der Waals surface area contributed by atoms with Crippen molar-refractivity contribution in [2.24, 2.45) is 5.92 Å². The molecular formula is C30H29FN2O4. The first-order valence-corrected chi connectivity index (χ1v) is 12.5. The molecule has 0 spiro atoms. The minimum Gasteiger partial charge on any atom is -0.492 e. The summed E-state index contributed by atoms with van der Waals surface area (Å²) < 4.78 is 22.9. The van der Waals surface area contributed by atoms with Gasteiger partial charge < -0.3 is 19.3 Å². The Morgan fingerprint density at radius 2 is 1.81 bits per heavy atom. The minimum atomic E-state index is -1.35.